The summed E-state index contributed by atoms with van der Waals surface area (Å²) in [5, 5.41) is 16.0. The molecule has 0 spiro atoms. The van der Waals surface area contributed by atoms with E-state index in [4.69, 9.17) is 4.74 Å². The number of para-hydroxylation sites is 1. The Morgan fingerprint density at radius 3 is 2.44 bits per heavy atom. The van der Waals surface area contributed by atoms with E-state index in [1.54, 1.807) is 30.3 Å². The fourth-order valence-corrected chi connectivity index (χ4v) is 4.44. The first-order valence-corrected chi connectivity index (χ1v) is 11.9. The van der Waals surface area contributed by atoms with Crippen LogP contribution in [0.2, 0.25) is 0 Å². The highest BCUT2D eigenvalue weighted by Gasteiger charge is 2.14. The largest absolute Gasteiger partial charge is 0.494 e. The van der Waals surface area contributed by atoms with Gasteiger partial charge in [-0.3, -0.25) is 4.79 Å². The molecule has 0 aliphatic rings. The molecule has 4 aromatic carbocycles. The molecule has 0 unspecified atom stereocenters. The number of carbonyl (C=O) groups is 1. The van der Waals surface area contributed by atoms with Crippen LogP contribution in [0.3, 0.4) is 0 Å². The average Bonchev–Trinajstić information content (AvgIpc) is 3.25. The van der Waals surface area contributed by atoms with Crippen molar-refractivity contribution in [2.24, 2.45) is 0 Å². The van der Waals surface area contributed by atoms with Crippen molar-refractivity contribution in [2.45, 2.75) is 13.5 Å². The maximum Gasteiger partial charge on any atom is 0.266 e. The van der Waals surface area contributed by atoms with Gasteiger partial charge in [0.2, 0.25) is 0 Å². The number of hydrogen-bond acceptors (Lipinski definition) is 3. The minimum absolute atomic E-state index is 0.0388. The van der Waals surface area contributed by atoms with E-state index in [2.05, 4.69) is 58.4 Å². The number of ether oxygens (including phenoxy) is 1. The maximum absolute atomic E-state index is 12.9. The summed E-state index contributed by atoms with van der Waals surface area (Å²) in [5.74, 6) is 0.276. The van der Waals surface area contributed by atoms with Crippen LogP contribution < -0.4 is 10.1 Å². The molecule has 1 aromatic heterocycles. The van der Waals surface area contributed by atoms with Crippen molar-refractivity contribution in [2.75, 3.05) is 11.9 Å². The van der Waals surface area contributed by atoms with Crippen LogP contribution in [0.4, 0.5) is 5.69 Å². The lowest BCUT2D eigenvalue weighted by Gasteiger charge is -2.09. The fraction of sp³-hybridized carbons (Fsp3) is 0.0968. The monoisotopic (exact) mass is 471 g/mol. The van der Waals surface area contributed by atoms with Gasteiger partial charge in [-0.1, -0.05) is 60.7 Å². The second kappa shape index (κ2) is 10.2. The molecule has 1 heterocycles. The number of rotatable bonds is 7. The Balaban J connectivity index is 1.46. The van der Waals surface area contributed by atoms with Gasteiger partial charge >= 0.3 is 0 Å². The van der Waals surface area contributed by atoms with E-state index in [1.807, 2.05) is 37.4 Å². The van der Waals surface area contributed by atoms with Crippen molar-refractivity contribution in [3.05, 3.63) is 114 Å². The molecule has 0 saturated heterocycles. The second-order valence-electron chi connectivity index (χ2n) is 8.45. The lowest BCUT2D eigenvalue weighted by atomic mass is 10.0. The van der Waals surface area contributed by atoms with Crippen LogP contribution in [0.25, 0.3) is 27.8 Å². The third kappa shape index (κ3) is 4.70. The molecular formula is C31H25N3O2. The molecule has 36 heavy (non-hydrogen) atoms. The van der Waals surface area contributed by atoms with Gasteiger partial charge in [0.15, 0.2) is 0 Å². The third-order valence-corrected chi connectivity index (χ3v) is 6.13. The van der Waals surface area contributed by atoms with E-state index in [9.17, 15) is 10.1 Å². The Labute approximate surface area is 209 Å². The number of fused-ring (bicyclic) bond motifs is 2. The van der Waals surface area contributed by atoms with Crippen LogP contribution in [0.5, 0.6) is 5.75 Å². The minimum Gasteiger partial charge on any atom is -0.494 e. The van der Waals surface area contributed by atoms with Crippen LogP contribution >= 0.6 is 0 Å². The number of amides is 1. The van der Waals surface area contributed by atoms with E-state index in [0.29, 0.717) is 18.8 Å². The summed E-state index contributed by atoms with van der Waals surface area (Å²) in [6.07, 6.45) is 3.67. The van der Waals surface area contributed by atoms with Gasteiger partial charge in [-0.25, -0.2) is 0 Å². The van der Waals surface area contributed by atoms with Crippen molar-refractivity contribution < 1.29 is 9.53 Å². The zero-order valence-electron chi connectivity index (χ0n) is 19.9. The normalized spacial score (nSPS) is 11.4. The summed E-state index contributed by atoms with van der Waals surface area (Å²) in [6.45, 7) is 3.16. The molecule has 5 heteroatoms. The number of nitrogens with one attached hydrogen (secondary N) is 1. The third-order valence-electron chi connectivity index (χ3n) is 6.13. The van der Waals surface area contributed by atoms with Gasteiger partial charge < -0.3 is 14.6 Å². The molecule has 0 saturated carbocycles. The van der Waals surface area contributed by atoms with E-state index >= 15 is 0 Å². The van der Waals surface area contributed by atoms with Gasteiger partial charge in [0.25, 0.3) is 5.91 Å². The first kappa shape index (κ1) is 22.9. The van der Waals surface area contributed by atoms with Crippen molar-refractivity contribution in [1.82, 2.24) is 4.57 Å². The van der Waals surface area contributed by atoms with Crippen molar-refractivity contribution >= 4 is 39.3 Å². The number of nitrogens with zero attached hydrogens (tertiary/aromatic N) is 2. The number of aromatic nitrogens is 1. The summed E-state index contributed by atoms with van der Waals surface area (Å²) in [7, 11) is 0. The SMILES string of the molecule is CCOc1ccc(NC(=O)/C(C#N)=C/c2cn(Cc3cccc4ccccc34)c3ccccc23)cc1. The Bertz CT molecular complexity index is 1620. The number of carbonyl (C=O) groups excluding carboxylic acids is 1. The highest BCUT2D eigenvalue weighted by atomic mass is 16.5. The number of nitriles is 1. The van der Waals surface area contributed by atoms with Gasteiger partial charge in [-0.15, -0.1) is 0 Å². The second-order valence-corrected chi connectivity index (χ2v) is 8.45. The van der Waals surface area contributed by atoms with Gasteiger partial charge in [-0.05, 0) is 59.7 Å². The summed E-state index contributed by atoms with van der Waals surface area (Å²) in [6, 6.07) is 31.9. The zero-order chi connectivity index (χ0) is 24.9. The number of hydrogen-bond donors (Lipinski definition) is 1. The molecule has 5 aromatic rings. The first-order chi connectivity index (χ1) is 17.7. The quantitative estimate of drug-likeness (QED) is 0.210. The fourth-order valence-electron chi connectivity index (χ4n) is 4.44. The molecule has 5 nitrogen and oxygen atoms in total. The van der Waals surface area contributed by atoms with Crippen LogP contribution in [-0.4, -0.2) is 17.1 Å². The highest BCUT2D eigenvalue weighted by molar-refractivity contribution is 6.10. The topological polar surface area (TPSA) is 67.0 Å². The predicted octanol–water partition coefficient (Wildman–Crippen LogP) is 6.79. The molecule has 1 amide bonds. The molecule has 5 rings (SSSR count). The van der Waals surface area contributed by atoms with Gasteiger partial charge in [0, 0.05) is 34.9 Å². The van der Waals surface area contributed by atoms with Crippen LogP contribution in [-0.2, 0) is 11.3 Å². The molecule has 0 fully saturated rings. The Morgan fingerprint density at radius 1 is 0.944 bits per heavy atom. The molecule has 0 radical (unpaired) electrons. The van der Waals surface area contributed by atoms with Crippen LogP contribution in [0, 0.1) is 11.3 Å². The number of benzene rings is 4. The van der Waals surface area contributed by atoms with E-state index in [-0.39, 0.29) is 5.57 Å². The molecule has 0 atom stereocenters. The Kier molecular flexibility index (Phi) is 6.51. The highest BCUT2D eigenvalue weighted by Crippen LogP contribution is 2.27. The number of anilines is 1. The molecule has 0 bridgehead atoms. The summed E-state index contributed by atoms with van der Waals surface area (Å²) in [4.78, 5) is 12.9. The molecular weight excluding hydrogens is 446 g/mol. The summed E-state index contributed by atoms with van der Waals surface area (Å²) >= 11 is 0. The van der Waals surface area contributed by atoms with E-state index in [0.717, 1.165) is 22.2 Å². The summed E-state index contributed by atoms with van der Waals surface area (Å²) in [5.41, 5.74) is 3.71. The average molecular weight is 472 g/mol. The Morgan fingerprint density at radius 2 is 1.67 bits per heavy atom. The van der Waals surface area contributed by atoms with Crippen LogP contribution in [0.15, 0.2) is 103 Å². The van der Waals surface area contributed by atoms with E-state index < -0.39 is 5.91 Å². The molecule has 176 valence electrons. The van der Waals surface area contributed by atoms with E-state index in [1.165, 1.54) is 16.3 Å². The van der Waals surface area contributed by atoms with Crippen LogP contribution in [0.1, 0.15) is 18.1 Å². The minimum atomic E-state index is -0.451. The molecule has 0 aliphatic heterocycles. The molecule has 0 aliphatic carbocycles. The van der Waals surface area contributed by atoms with Crippen molar-refractivity contribution in [1.29, 1.82) is 5.26 Å². The van der Waals surface area contributed by atoms with Gasteiger partial charge in [0.05, 0.1) is 6.61 Å². The summed E-state index contributed by atoms with van der Waals surface area (Å²) < 4.78 is 7.61. The lowest BCUT2D eigenvalue weighted by molar-refractivity contribution is -0.112. The lowest BCUT2D eigenvalue weighted by Crippen LogP contribution is -2.13. The van der Waals surface area contributed by atoms with Gasteiger partial charge in [-0.2, -0.15) is 5.26 Å². The zero-order valence-corrected chi connectivity index (χ0v) is 19.9. The van der Waals surface area contributed by atoms with Crippen molar-refractivity contribution in [3.63, 3.8) is 0 Å². The predicted molar refractivity (Wildman–Crippen MR) is 145 cm³/mol. The smallest absolute Gasteiger partial charge is 0.266 e. The van der Waals surface area contributed by atoms with Gasteiger partial charge in [0.1, 0.15) is 17.4 Å². The Hall–Kier alpha value is -4.82. The first-order valence-electron chi connectivity index (χ1n) is 11.9. The molecule has 1 N–H and O–H groups in total. The van der Waals surface area contributed by atoms with Crippen molar-refractivity contribution in [3.8, 4) is 11.8 Å². The maximum atomic E-state index is 12.9. The standard InChI is InChI=1S/C31H25N3O2/c1-2-36-27-16-14-26(15-17-27)33-31(35)24(19-32)18-25-21-34(30-13-6-5-12-29(25)30)20-23-10-7-9-22-8-3-4-11-28(22)23/h3-18,21H,2,20H2,1H3,(H,33,35)/b24-18+.